The molecule has 4 aliphatic rings. The standard InChI is InChI=1S/C33H51BN4O7/c1-19(2)26(38-30(42)43-31(4,5)6)29(41)37-23(15-21-13-11-10-12-14-21)28(40)36-20(3)27(39)35-18-34-44-25-17-22-16-24(32(22,7)8)33(25,9)45-34/h10-14,19-20,22-26H,15-18H2,1-9H3,(H,35,39)(H,36,40)(H,37,41)(H,38,42)/t20-,22?,23-,24-,25+,26-,33-/m0/s1. The molecule has 4 fully saturated rings. The lowest BCUT2D eigenvalue weighted by molar-refractivity contribution is -0.199. The maximum Gasteiger partial charge on any atom is 0.478 e. The second-order valence-corrected chi connectivity index (χ2v) is 15.0. The van der Waals surface area contributed by atoms with Crippen molar-refractivity contribution in [1.29, 1.82) is 0 Å². The monoisotopic (exact) mass is 626 g/mol. The first-order chi connectivity index (χ1) is 20.9. The van der Waals surface area contributed by atoms with Gasteiger partial charge in [0.2, 0.25) is 17.7 Å². The van der Waals surface area contributed by atoms with Gasteiger partial charge in [-0.05, 0) is 76.2 Å². The van der Waals surface area contributed by atoms with E-state index in [1.165, 1.54) is 0 Å². The lowest BCUT2D eigenvalue weighted by Crippen LogP contribution is -2.65. The summed E-state index contributed by atoms with van der Waals surface area (Å²) in [6.45, 7) is 17.1. The van der Waals surface area contributed by atoms with E-state index in [0.717, 1.165) is 18.4 Å². The van der Waals surface area contributed by atoms with Crippen LogP contribution in [0.4, 0.5) is 4.79 Å². The molecule has 1 unspecified atom stereocenters. The van der Waals surface area contributed by atoms with Crippen LogP contribution in [-0.4, -0.2) is 72.8 Å². The molecule has 1 heterocycles. The molecule has 1 saturated heterocycles. The molecule has 248 valence electrons. The number of amides is 4. The molecule has 4 N–H and O–H groups in total. The Labute approximate surface area is 267 Å². The van der Waals surface area contributed by atoms with Crippen molar-refractivity contribution in [3.63, 3.8) is 0 Å². The average molecular weight is 627 g/mol. The van der Waals surface area contributed by atoms with Gasteiger partial charge in [-0.3, -0.25) is 14.4 Å². The number of carbonyl (C=O) groups is 4. The number of hydrogen-bond acceptors (Lipinski definition) is 7. The zero-order valence-corrected chi connectivity index (χ0v) is 28.2. The normalized spacial score (nSPS) is 26.9. The van der Waals surface area contributed by atoms with Gasteiger partial charge in [0.1, 0.15) is 23.7 Å². The van der Waals surface area contributed by atoms with Crippen LogP contribution in [0.2, 0.25) is 0 Å². The number of alkyl carbamates (subject to hydrolysis) is 1. The molecule has 0 aromatic heterocycles. The van der Waals surface area contributed by atoms with Gasteiger partial charge >= 0.3 is 13.2 Å². The summed E-state index contributed by atoms with van der Waals surface area (Å²) in [5.74, 6) is -0.693. The van der Waals surface area contributed by atoms with Gasteiger partial charge in [0.05, 0.1) is 18.1 Å². The molecule has 1 aliphatic heterocycles. The second-order valence-electron chi connectivity index (χ2n) is 15.0. The summed E-state index contributed by atoms with van der Waals surface area (Å²) in [4.78, 5) is 52.4. The number of ether oxygens (including phenoxy) is 1. The first-order valence-electron chi connectivity index (χ1n) is 16.2. The van der Waals surface area contributed by atoms with E-state index < -0.39 is 54.7 Å². The van der Waals surface area contributed by atoms with E-state index in [1.54, 1.807) is 41.5 Å². The topological polar surface area (TPSA) is 144 Å². The van der Waals surface area contributed by atoms with E-state index in [-0.39, 0.29) is 35.9 Å². The molecule has 12 heteroatoms. The number of nitrogens with one attached hydrogen (secondary N) is 4. The molecule has 0 radical (unpaired) electrons. The maximum absolute atomic E-state index is 13.5. The molecule has 3 saturated carbocycles. The molecule has 0 spiro atoms. The van der Waals surface area contributed by atoms with E-state index in [1.807, 2.05) is 30.3 Å². The largest absolute Gasteiger partial charge is 0.478 e. The first-order valence-corrected chi connectivity index (χ1v) is 16.2. The lowest BCUT2D eigenvalue weighted by Gasteiger charge is -2.64. The molecule has 45 heavy (non-hydrogen) atoms. The van der Waals surface area contributed by atoms with Gasteiger partial charge in [-0.25, -0.2) is 4.79 Å². The van der Waals surface area contributed by atoms with Gasteiger partial charge in [0.25, 0.3) is 0 Å². The Morgan fingerprint density at radius 1 is 0.956 bits per heavy atom. The van der Waals surface area contributed by atoms with Gasteiger partial charge in [0, 0.05) is 6.42 Å². The Bertz CT molecular complexity index is 1250. The van der Waals surface area contributed by atoms with Gasteiger partial charge < -0.3 is 35.3 Å². The number of rotatable bonds is 11. The maximum atomic E-state index is 13.5. The quantitative estimate of drug-likeness (QED) is 0.276. The van der Waals surface area contributed by atoms with Crippen molar-refractivity contribution in [2.24, 2.45) is 23.2 Å². The van der Waals surface area contributed by atoms with Crippen LogP contribution in [0.25, 0.3) is 0 Å². The van der Waals surface area contributed by atoms with Gasteiger partial charge in [0.15, 0.2) is 0 Å². The SMILES string of the molecule is CC(C)[C@H](NC(=O)OC(C)(C)C)C(=O)N[C@@H](Cc1ccccc1)C(=O)N[C@@H](C)C(=O)NCB1O[C@@H]2CC3C[C@@H](C3(C)C)[C@]2(C)O1. The fourth-order valence-electron chi connectivity index (χ4n) is 7.04. The van der Waals surface area contributed by atoms with E-state index >= 15 is 0 Å². The van der Waals surface area contributed by atoms with E-state index in [0.29, 0.717) is 11.8 Å². The van der Waals surface area contributed by atoms with Crippen molar-refractivity contribution < 1.29 is 33.2 Å². The average Bonchev–Trinajstić information content (AvgIpc) is 3.29. The number of carbonyl (C=O) groups excluding carboxylic acids is 4. The van der Waals surface area contributed by atoms with Gasteiger partial charge in [-0.15, -0.1) is 0 Å². The van der Waals surface area contributed by atoms with Crippen LogP contribution in [0.5, 0.6) is 0 Å². The summed E-state index contributed by atoms with van der Waals surface area (Å²) >= 11 is 0. The Hall–Kier alpha value is -3.12. The fourth-order valence-corrected chi connectivity index (χ4v) is 7.04. The van der Waals surface area contributed by atoms with Gasteiger partial charge in [-0.2, -0.15) is 0 Å². The third-order valence-corrected chi connectivity index (χ3v) is 9.73. The Morgan fingerprint density at radius 3 is 2.22 bits per heavy atom. The number of hydrogen-bond donors (Lipinski definition) is 4. The minimum atomic E-state index is -1.00. The van der Waals surface area contributed by atoms with Crippen LogP contribution in [-0.2, 0) is 34.9 Å². The molecule has 11 nitrogen and oxygen atoms in total. The smallest absolute Gasteiger partial charge is 0.444 e. The fraction of sp³-hybridized carbons (Fsp3) is 0.697. The molecule has 3 aliphatic carbocycles. The molecular weight excluding hydrogens is 575 g/mol. The predicted molar refractivity (Wildman–Crippen MR) is 171 cm³/mol. The molecule has 5 rings (SSSR count). The summed E-state index contributed by atoms with van der Waals surface area (Å²) in [7, 11) is -0.558. The van der Waals surface area contributed by atoms with Crippen LogP contribution >= 0.6 is 0 Å². The first kappa shape index (κ1) is 34.8. The van der Waals surface area contributed by atoms with Gasteiger partial charge in [-0.1, -0.05) is 58.0 Å². The highest BCUT2D eigenvalue weighted by Gasteiger charge is 2.67. The third kappa shape index (κ3) is 8.00. The van der Waals surface area contributed by atoms with Crippen molar-refractivity contribution in [3.05, 3.63) is 35.9 Å². The van der Waals surface area contributed by atoms with Crippen molar-refractivity contribution in [1.82, 2.24) is 21.3 Å². The summed E-state index contributed by atoms with van der Waals surface area (Å²) in [6, 6.07) is 6.42. The van der Waals surface area contributed by atoms with Crippen LogP contribution < -0.4 is 21.3 Å². The molecule has 4 amide bonds. The van der Waals surface area contributed by atoms with Crippen LogP contribution in [0.15, 0.2) is 30.3 Å². The molecule has 1 aromatic carbocycles. The minimum Gasteiger partial charge on any atom is -0.444 e. The van der Waals surface area contributed by atoms with E-state index in [2.05, 4.69) is 42.0 Å². The van der Waals surface area contributed by atoms with Crippen molar-refractivity contribution >= 4 is 30.9 Å². The molecule has 2 bridgehead atoms. The minimum absolute atomic E-state index is 0.00938. The highest BCUT2D eigenvalue weighted by atomic mass is 16.7. The Morgan fingerprint density at radius 2 is 1.62 bits per heavy atom. The van der Waals surface area contributed by atoms with Crippen LogP contribution in [0.1, 0.15) is 80.7 Å². The second kappa shape index (κ2) is 13.3. The van der Waals surface area contributed by atoms with Crippen molar-refractivity contribution in [2.75, 3.05) is 6.44 Å². The van der Waals surface area contributed by atoms with E-state index in [9.17, 15) is 19.2 Å². The Kier molecular flexibility index (Phi) is 10.3. The zero-order chi connectivity index (χ0) is 33.3. The molecule has 7 atom stereocenters. The summed E-state index contributed by atoms with van der Waals surface area (Å²) in [5.41, 5.74) is -0.0681. The zero-order valence-electron chi connectivity index (χ0n) is 28.2. The highest BCUT2D eigenvalue weighted by molar-refractivity contribution is 6.46. The molecular formula is C33H51BN4O7. The summed E-state index contributed by atoms with van der Waals surface area (Å²) in [5, 5.41) is 11.0. The van der Waals surface area contributed by atoms with Crippen molar-refractivity contribution in [2.45, 2.75) is 117 Å². The van der Waals surface area contributed by atoms with Crippen LogP contribution in [0, 0.1) is 23.2 Å². The van der Waals surface area contributed by atoms with Crippen molar-refractivity contribution in [3.8, 4) is 0 Å². The lowest BCUT2D eigenvalue weighted by atomic mass is 9.43. The predicted octanol–water partition coefficient (Wildman–Crippen LogP) is 3.15. The van der Waals surface area contributed by atoms with Crippen LogP contribution in [0.3, 0.4) is 0 Å². The summed E-state index contributed by atoms with van der Waals surface area (Å²) < 4.78 is 17.9. The Balaban J connectivity index is 1.35. The highest BCUT2D eigenvalue weighted by Crippen LogP contribution is 2.65. The number of benzene rings is 1. The summed E-state index contributed by atoms with van der Waals surface area (Å²) in [6.07, 6.45) is 1.73. The molecule has 1 aromatic rings. The van der Waals surface area contributed by atoms with E-state index in [4.69, 9.17) is 14.0 Å². The third-order valence-electron chi connectivity index (χ3n) is 9.73.